The van der Waals surface area contributed by atoms with Crippen molar-refractivity contribution in [1.29, 1.82) is 0 Å². The number of nitrogens with zero attached hydrogens (tertiary/aromatic N) is 4. The van der Waals surface area contributed by atoms with Crippen LogP contribution in [0.2, 0.25) is 10.0 Å². The Hall–Kier alpha value is -2.27. The van der Waals surface area contributed by atoms with Crippen molar-refractivity contribution in [2.24, 2.45) is 0 Å². The lowest BCUT2D eigenvalue weighted by Crippen LogP contribution is -2.49. The van der Waals surface area contributed by atoms with Gasteiger partial charge in [0.1, 0.15) is 10.7 Å². The van der Waals surface area contributed by atoms with Crippen LogP contribution in [0.1, 0.15) is 18.8 Å². The first-order valence-electron chi connectivity index (χ1n) is 11.6. The zero-order valence-electron chi connectivity index (χ0n) is 19.8. The maximum atomic E-state index is 13.6. The van der Waals surface area contributed by atoms with Crippen molar-refractivity contribution in [3.8, 4) is 5.69 Å². The van der Waals surface area contributed by atoms with Gasteiger partial charge in [-0.15, -0.1) is 0 Å². The Morgan fingerprint density at radius 1 is 0.946 bits per heavy atom. The minimum Gasteiger partial charge on any atom is -0.291 e. The van der Waals surface area contributed by atoms with E-state index in [4.69, 9.17) is 28.2 Å². The Bertz CT molecular complexity index is 1640. The molecule has 0 aliphatic carbocycles. The number of fused-ring (bicyclic) bond motifs is 1. The lowest BCUT2D eigenvalue weighted by atomic mass is 10.1. The summed E-state index contributed by atoms with van der Waals surface area (Å²) >= 11 is 15.7. The Morgan fingerprint density at radius 2 is 1.62 bits per heavy atom. The van der Waals surface area contributed by atoms with Crippen LogP contribution in [0.5, 0.6) is 0 Å². The summed E-state index contributed by atoms with van der Waals surface area (Å²) in [6, 6.07) is 19.0. The molecule has 1 aliphatic rings. The third kappa shape index (κ3) is 5.08. The Labute approximate surface area is 233 Å². The number of piperazine rings is 1. The lowest BCUT2D eigenvalue weighted by Gasteiger charge is -2.37. The lowest BCUT2D eigenvalue weighted by molar-refractivity contribution is 0.140. The van der Waals surface area contributed by atoms with Crippen LogP contribution in [-0.4, -0.2) is 53.4 Å². The normalized spacial score (nSPS) is 16.2. The first-order valence-corrected chi connectivity index (χ1v) is 14.6. The summed E-state index contributed by atoms with van der Waals surface area (Å²) in [5.41, 5.74) is 1.19. The smallest absolute Gasteiger partial charge is 0.266 e. The number of para-hydroxylation sites is 1. The van der Waals surface area contributed by atoms with Crippen LogP contribution in [0.25, 0.3) is 16.6 Å². The van der Waals surface area contributed by atoms with Crippen LogP contribution in [0.4, 0.5) is 0 Å². The second kappa shape index (κ2) is 10.5. The van der Waals surface area contributed by atoms with Crippen LogP contribution < -0.4 is 5.56 Å². The van der Waals surface area contributed by atoms with Gasteiger partial charge in [-0.3, -0.25) is 14.3 Å². The summed E-state index contributed by atoms with van der Waals surface area (Å²) in [5, 5.41) is 0.985. The zero-order valence-corrected chi connectivity index (χ0v) is 23.7. The van der Waals surface area contributed by atoms with Gasteiger partial charge in [-0.05, 0) is 61.5 Å². The van der Waals surface area contributed by atoms with Crippen molar-refractivity contribution in [1.82, 2.24) is 18.8 Å². The van der Waals surface area contributed by atoms with Crippen LogP contribution >= 0.6 is 39.1 Å². The number of sulfonamides is 1. The number of halogens is 3. The number of hydrogen-bond donors (Lipinski definition) is 0. The van der Waals surface area contributed by atoms with E-state index in [0.717, 1.165) is 4.47 Å². The highest BCUT2D eigenvalue weighted by Crippen LogP contribution is 2.30. The third-order valence-corrected chi connectivity index (χ3v) is 9.74. The monoisotopic (exact) mass is 620 g/mol. The number of rotatable bonds is 5. The molecule has 1 atom stereocenters. The molecule has 0 radical (unpaired) electrons. The predicted molar refractivity (Wildman–Crippen MR) is 150 cm³/mol. The second-order valence-corrected chi connectivity index (χ2v) is 12.5. The van der Waals surface area contributed by atoms with Gasteiger partial charge in [0.2, 0.25) is 10.0 Å². The molecule has 1 saturated heterocycles. The van der Waals surface area contributed by atoms with Crippen molar-refractivity contribution < 1.29 is 8.42 Å². The van der Waals surface area contributed by atoms with Gasteiger partial charge < -0.3 is 0 Å². The number of aromatic nitrogens is 2. The molecule has 37 heavy (non-hydrogen) atoms. The maximum Gasteiger partial charge on any atom is 0.266 e. The van der Waals surface area contributed by atoms with Crippen molar-refractivity contribution in [2.45, 2.75) is 17.9 Å². The molecular formula is C26H23BrCl2N4O3S. The fraction of sp³-hybridized carbons (Fsp3) is 0.231. The van der Waals surface area contributed by atoms with E-state index in [1.807, 2.05) is 49.4 Å². The molecule has 192 valence electrons. The van der Waals surface area contributed by atoms with E-state index in [1.165, 1.54) is 16.4 Å². The molecule has 0 saturated carbocycles. The van der Waals surface area contributed by atoms with Gasteiger partial charge in [-0.1, -0.05) is 51.3 Å². The van der Waals surface area contributed by atoms with E-state index < -0.39 is 10.0 Å². The molecule has 1 unspecified atom stereocenters. The molecule has 3 aromatic carbocycles. The zero-order chi connectivity index (χ0) is 26.3. The predicted octanol–water partition coefficient (Wildman–Crippen LogP) is 5.52. The quantitative estimate of drug-likeness (QED) is 0.293. The second-order valence-electron chi connectivity index (χ2n) is 8.79. The summed E-state index contributed by atoms with van der Waals surface area (Å²) in [4.78, 5) is 20.6. The van der Waals surface area contributed by atoms with Crippen LogP contribution in [0.15, 0.2) is 80.9 Å². The molecule has 1 aromatic heterocycles. The third-order valence-electron chi connectivity index (χ3n) is 6.59. The van der Waals surface area contributed by atoms with Crippen molar-refractivity contribution >= 4 is 60.1 Å². The first-order chi connectivity index (χ1) is 17.7. The van der Waals surface area contributed by atoms with Crippen LogP contribution in [0, 0.1) is 0 Å². The molecular weight excluding hydrogens is 599 g/mol. The van der Waals surface area contributed by atoms with Crippen molar-refractivity contribution in [3.05, 3.63) is 97.4 Å². The van der Waals surface area contributed by atoms with E-state index in [-0.39, 0.29) is 34.6 Å². The summed E-state index contributed by atoms with van der Waals surface area (Å²) in [5.74, 6) is 0.597. The van der Waals surface area contributed by atoms with Gasteiger partial charge >= 0.3 is 0 Å². The summed E-state index contributed by atoms with van der Waals surface area (Å²) in [6.07, 6.45) is 0. The minimum atomic E-state index is -3.80. The van der Waals surface area contributed by atoms with E-state index in [1.54, 1.807) is 16.7 Å². The van der Waals surface area contributed by atoms with Gasteiger partial charge in [-0.2, -0.15) is 4.31 Å². The average Bonchev–Trinajstić information content (AvgIpc) is 2.90. The summed E-state index contributed by atoms with van der Waals surface area (Å²) < 4.78 is 30.5. The molecule has 5 rings (SSSR count). The molecule has 0 N–H and O–H groups in total. The highest BCUT2D eigenvalue weighted by Gasteiger charge is 2.33. The molecule has 0 bridgehead atoms. The highest BCUT2D eigenvalue weighted by atomic mass is 79.9. The molecule has 2 heterocycles. The average molecular weight is 622 g/mol. The molecule has 1 aliphatic heterocycles. The van der Waals surface area contributed by atoms with Gasteiger partial charge in [0, 0.05) is 35.7 Å². The fourth-order valence-electron chi connectivity index (χ4n) is 4.58. The van der Waals surface area contributed by atoms with Crippen molar-refractivity contribution in [2.75, 3.05) is 26.2 Å². The standard InChI is InChI=1S/C26H23BrCl2N4O3S/c1-17(31-12-14-32(15-13-31)37(35,36)24-16-19(28)8-11-22(24)29)25-30-23-5-3-2-4-21(23)26(34)33(25)20-9-6-18(27)7-10-20/h2-11,16-17H,12-15H2,1H3. The van der Waals surface area contributed by atoms with Crippen LogP contribution in [0.3, 0.4) is 0 Å². The van der Waals surface area contributed by atoms with E-state index in [2.05, 4.69) is 20.8 Å². The van der Waals surface area contributed by atoms with E-state index in [0.29, 0.717) is 40.5 Å². The van der Waals surface area contributed by atoms with Gasteiger partial charge in [0.05, 0.1) is 27.7 Å². The molecule has 0 spiro atoms. The maximum absolute atomic E-state index is 13.6. The van der Waals surface area contributed by atoms with E-state index in [9.17, 15) is 13.2 Å². The SMILES string of the molecule is CC(c1nc2ccccc2c(=O)n1-c1ccc(Br)cc1)N1CCN(S(=O)(=O)c2cc(Cl)ccc2Cl)CC1. The van der Waals surface area contributed by atoms with Crippen molar-refractivity contribution in [3.63, 3.8) is 0 Å². The minimum absolute atomic E-state index is 0.00318. The first kappa shape index (κ1) is 26.3. The topological polar surface area (TPSA) is 75.5 Å². The Kier molecular flexibility index (Phi) is 7.46. The Balaban J connectivity index is 1.47. The fourth-order valence-corrected chi connectivity index (χ4v) is 7.00. The largest absolute Gasteiger partial charge is 0.291 e. The number of benzene rings is 3. The molecule has 11 heteroatoms. The van der Waals surface area contributed by atoms with Crippen LogP contribution in [-0.2, 0) is 10.0 Å². The molecule has 4 aromatic rings. The Morgan fingerprint density at radius 3 is 2.32 bits per heavy atom. The van der Waals surface area contributed by atoms with Gasteiger partial charge in [-0.25, -0.2) is 13.4 Å². The van der Waals surface area contributed by atoms with E-state index >= 15 is 0 Å². The molecule has 1 fully saturated rings. The molecule has 7 nitrogen and oxygen atoms in total. The summed E-state index contributed by atoms with van der Waals surface area (Å²) in [6.45, 7) is 3.45. The highest BCUT2D eigenvalue weighted by molar-refractivity contribution is 9.10. The molecule has 0 amide bonds. The summed E-state index contributed by atoms with van der Waals surface area (Å²) in [7, 11) is -3.80. The van der Waals surface area contributed by atoms with Gasteiger partial charge in [0.25, 0.3) is 5.56 Å². The number of hydrogen-bond acceptors (Lipinski definition) is 5. The van der Waals surface area contributed by atoms with Gasteiger partial charge in [0.15, 0.2) is 0 Å².